The van der Waals surface area contributed by atoms with Crippen molar-refractivity contribution in [3.05, 3.63) is 94.0 Å². The zero-order chi connectivity index (χ0) is 28.0. The number of rotatable bonds is 10. The van der Waals surface area contributed by atoms with Gasteiger partial charge < -0.3 is 10.2 Å². The summed E-state index contributed by atoms with van der Waals surface area (Å²) in [5.41, 5.74) is 2.96. The third-order valence-electron chi connectivity index (χ3n) is 6.02. The van der Waals surface area contributed by atoms with Crippen LogP contribution in [-0.4, -0.2) is 43.8 Å². The van der Waals surface area contributed by atoms with E-state index in [-0.39, 0.29) is 23.4 Å². The molecule has 0 fully saturated rings. The minimum Gasteiger partial charge on any atom is -0.352 e. The topological polar surface area (TPSA) is 86.8 Å². The molecule has 3 rings (SSSR count). The van der Waals surface area contributed by atoms with E-state index in [1.165, 1.54) is 17.0 Å². The lowest BCUT2D eigenvalue weighted by atomic mass is 10.1. The predicted octanol–water partition coefficient (Wildman–Crippen LogP) is 5.20. The van der Waals surface area contributed by atoms with Crippen LogP contribution < -0.4 is 9.62 Å². The monoisotopic (exact) mass is 599 g/mol. The number of anilines is 1. The first-order valence-electron chi connectivity index (χ1n) is 12.4. The molecule has 1 atom stereocenters. The molecule has 0 heterocycles. The van der Waals surface area contributed by atoms with Crippen LogP contribution >= 0.6 is 15.9 Å². The summed E-state index contributed by atoms with van der Waals surface area (Å²) in [6, 6.07) is 20.0. The van der Waals surface area contributed by atoms with Crippen LogP contribution in [0.15, 0.2) is 82.2 Å². The van der Waals surface area contributed by atoms with E-state index in [0.29, 0.717) is 5.69 Å². The van der Waals surface area contributed by atoms with Gasteiger partial charge in [-0.05, 0) is 82.1 Å². The lowest BCUT2D eigenvalue weighted by Crippen LogP contribution is -2.52. The second kappa shape index (κ2) is 12.6. The van der Waals surface area contributed by atoms with E-state index in [0.717, 1.165) is 25.5 Å². The number of carbonyl (C=O) groups is 2. The zero-order valence-electron chi connectivity index (χ0n) is 22.3. The lowest BCUT2D eigenvalue weighted by molar-refractivity contribution is -0.139. The van der Waals surface area contributed by atoms with Crippen molar-refractivity contribution in [1.29, 1.82) is 0 Å². The van der Waals surface area contributed by atoms with Crippen molar-refractivity contribution in [3.8, 4) is 0 Å². The highest BCUT2D eigenvalue weighted by molar-refractivity contribution is 9.10. The van der Waals surface area contributed by atoms with Crippen LogP contribution in [-0.2, 0) is 26.2 Å². The number of nitrogens with one attached hydrogen (secondary N) is 1. The normalized spacial score (nSPS) is 12.2. The maximum Gasteiger partial charge on any atom is 0.264 e. The molecule has 0 spiro atoms. The van der Waals surface area contributed by atoms with E-state index in [2.05, 4.69) is 21.2 Å². The van der Waals surface area contributed by atoms with Crippen molar-refractivity contribution in [2.75, 3.05) is 10.8 Å². The summed E-state index contributed by atoms with van der Waals surface area (Å²) in [4.78, 5) is 28.4. The molecule has 9 heteroatoms. The summed E-state index contributed by atoms with van der Waals surface area (Å²) in [7, 11) is -4.08. The van der Waals surface area contributed by atoms with Crippen LogP contribution in [0.4, 0.5) is 5.69 Å². The van der Waals surface area contributed by atoms with Crippen molar-refractivity contribution in [2.24, 2.45) is 0 Å². The van der Waals surface area contributed by atoms with E-state index in [1.54, 1.807) is 37.3 Å². The van der Waals surface area contributed by atoms with Gasteiger partial charge in [-0.25, -0.2) is 8.42 Å². The van der Waals surface area contributed by atoms with Gasteiger partial charge in [0.05, 0.1) is 10.6 Å². The van der Waals surface area contributed by atoms with E-state index >= 15 is 0 Å². The van der Waals surface area contributed by atoms with Gasteiger partial charge in [0.1, 0.15) is 12.6 Å². The number of benzene rings is 3. The molecule has 3 aromatic carbocycles. The minimum absolute atomic E-state index is 0.0848. The fourth-order valence-electron chi connectivity index (χ4n) is 3.97. The van der Waals surface area contributed by atoms with E-state index in [1.807, 2.05) is 58.0 Å². The Balaban J connectivity index is 2.03. The highest BCUT2D eigenvalue weighted by Gasteiger charge is 2.32. The third kappa shape index (κ3) is 7.45. The Hall–Kier alpha value is -3.17. The number of sulfonamides is 1. The molecule has 0 saturated carbocycles. The molecule has 0 radical (unpaired) electrons. The number of nitrogens with zero attached hydrogens (tertiary/aromatic N) is 2. The maximum atomic E-state index is 13.9. The molecule has 7 nitrogen and oxygen atoms in total. The molecular formula is C29H34BrN3O4S. The Morgan fingerprint density at radius 2 is 1.55 bits per heavy atom. The van der Waals surface area contributed by atoms with Gasteiger partial charge in [0.25, 0.3) is 10.0 Å². The van der Waals surface area contributed by atoms with E-state index < -0.39 is 28.5 Å². The van der Waals surface area contributed by atoms with Crippen LogP contribution in [0.5, 0.6) is 0 Å². The van der Waals surface area contributed by atoms with Crippen LogP contribution in [0.25, 0.3) is 0 Å². The second-order valence-corrected chi connectivity index (χ2v) is 12.4. The van der Waals surface area contributed by atoms with Gasteiger partial charge in [-0.2, -0.15) is 0 Å². The summed E-state index contributed by atoms with van der Waals surface area (Å²) in [5.74, 6) is -0.805. The highest BCUT2D eigenvalue weighted by Crippen LogP contribution is 2.26. The van der Waals surface area contributed by atoms with Crippen molar-refractivity contribution < 1.29 is 18.0 Å². The molecule has 0 aromatic heterocycles. The van der Waals surface area contributed by atoms with Gasteiger partial charge in [0.2, 0.25) is 11.8 Å². The number of hydrogen-bond donors (Lipinski definition) is 1. The van der Waals surface area contributed by atoms with Gasteiger partial charge in [-0.1, -0.05) is 57.9 Å². The molecular weight excluding hydrogens is 566 g/mol. The Morgan fingerprint density at radius 1 is 0.895 bits per heavy atom. The molecule has 0 bridgehead atoms. The smallest absolute Gasteiger partial charge is 0.264 e. The summed E-state index contributed by atoms with van der Waals surface area (Å²) >= 11 is 3.45. The van der Waals surface area contributed by atoms with E-state index in [4.69, 9.17) is 0 Å². The minimum atomic E-state index is -4.08. The fourth-order valence-corrected chi connectivity index (χ4v) is 5.82. The van der Waals surface area contributed by atoms with Crippen molar-refractivity contribution in [1.82, 2.24) is 10.2 Å². The third-order valence-corrected chi connectivity index (χ3v) is 8.30. The zero-order valence-corrected chi connectivity index (χ0v) is 24.7. The lowest BCUT2D eigenvalue weighted by Gasteiger charge is -2.32. The van der Waals surface area contributed by atoms with Gasteiger partial charge in [-0.3, -0.25) is 13.9 Å². The van der Waals surface area contributed by atoms with Crippen molar-refractivity contribution in [2.45, 2.75) is 58.1 Å². The van der Waals surface area contributed by atoms with Crippen LogP contribution in [0.2, 0.25) is 0 Å². The molecule has 0 aliphatic heterocycles. The molecule has 202 valence electrons. The number of aryl methyl sites for hydroxylation is 2. The van der Waals surface area contributed by atoms with Gasteiger partial charge in [-0.15, -0.1) is 0 Å². The molecule has 0 saturated heterocycles. The maximum absolute atomic E-state index is 13.9. The quantitative estimate of drug-likeness (QED) is 0.347. The summed E-state index contributed by atoms with van der Waals surface area (Å²) in [6.45, 7) is 8.75. The average molecular weight is 601 g/mol. The largest absolute Gasteiger partial charge is 0.352 e. The molecule has 0 aliphatic rings. The first-order valence-corrected chi connectivity index (χ1v) is 14.6. The number of halogens is 1. The van der Waals surface area contributed by atoms with E-state index in [9.17, 15) is 18.0 Å². The van der Waals surface area contributed by atoms with Crippen LogP contribution in [0, 0.1) is 13.8 Å². The first-order chi connectivity index (χ1) is 17.9. The summed E-state index contributed by atoms with van der Waals surface area (Å²) in [6.07, 6.45) is 0. The molecule has 1 N–H and O–H groups in total. The summed E-state index contributed by atoms with van der Waals surface area (Å²) in [5, 5.41) is 2.85. The first kappa shape index (κ1) is 29.4. The Kier molecular flexibility index (Phi) is 9.73. The molecule has 0 unspecified atom stereocenters. The van der Waals surface area contributed by atoms with Crippen LogP contribution in [0.3, 0.4) is 0 Å². The second-order valence-electron chi connectivity index (χ2n) is 9.65. The molecule has 2 amide bonds. The fraction of sp³-hybridized carbons (Fsp3) is 0.310. The van der Waals surface area contributed by atoms with Crippen LogP contribution in [0.1, 0.15) is 37.5 Å². The Labute approximate surface area is 234 Å². The molecule has 0 aliphatic carbocycles. The van der Waals surface area contributed by atoms with Gasteiger partial charge >= 0.3 is 0 Å². The van der Waals surface area contributed by atoms with Gasteiger partial charge in [0, 0.05) is 17.1 Å². The van der Waals surface area contributed by atoms with Crippen molar-refractivity contribution >= 4 is 43.5 Å². The molecule has 38 heavy (non-hydrogen) atoms. The summed E-state index contributed by atoms with van der Waals surface area (Å²) < 4.78 is 29.6. The standard InChI is InChI=1S/C29H34BrN3O4S/c1-20(2)31-29(35)23(5)32(18-24-9-7-10-25(30)17-24)28(34)19-33(26-11-6-8-22(4)16-26)38(36,37)27-14-12-21(3)13-15-27/h6-17,20,23H,18-19H2,1-5H3,(H,31,35)/t23-/m1/s1. The number of carbonyl (C=O) groups excluding carboxylic acids is 2. The SMILES string of the molecule is Cc1ccc(S(=O)(=O)N(CC(=O)N(Cc2cccc(Br)c2)[C@H](C)C(=O)NC(C)C)c2cccc(C)c2)cc1. The average Bonchev–Trinajstić information content (AvgIpc) is 2.85. The van der Waals surface area contributed by atoms with Gasteiger partial charge in [0.15, 0.2) is 0 Å². The Bertz CT molecular complexity index is 1390. The highest BCUT2D eigenvalue weighted by atomic mass is 79.9. The van der Waals surface area contributed by atoms with Crippen molar-refractivity contribution in [3.63, 3.8) is 0 Å². The number of amides is 2. The molecule has 3 aromatic rings. The predicted molar refractivity (Wildman–Crippen MR) is 154 cm³/mol. The Morgan fingerprint density at radius 3 is 2.16 bits per heavy atom. The number of hydrogen-bond acceptors (Lipinski definition) is 4.